The van der Waals surface area contributed by atoms with Crippen molar-refractivity contribution in [3.05, 3.63) is 0 Å². The molecule has 1 aliphatic rings. The van der Waals surface area contributed by atoms with E-state index in [0.29, 0.717) is 18.4 Å². The maximum atomic E-state index is 12.0. The number of hydrogen-bond donors (Lipinski definition) is 1. The van der Waals surface area contributed by atoms with Crippen LogP contribution in [0.25, 0.3) is 0 Å². The van der Waals surface area contributed by atoms with Gasteiger partial charge in [0.1, 0.15) is 0 Å². The van der Waals surface area contributed by atoms with Gasteiger partial charge >= 0.3 is 0 Å². The highest BCUT2D eigenvalue weighted by Gasteiger charge is 2.23. The Kier molecular flexibility index (Phi) is 6.52. The molecule has 4 heteroatoms. The molecule has 0 aliphatic carbocycles. The SMILES string of the molecule is CC1CN(C(=O)CCCCCCN)CCN1C. The van der Waals surface area contributed by atoms with Crippen LogP contribution in [0.3, 0.4) is 0 Å². The van der Waals surface area contributed by atoms with Gasteiger partial charge in [0.05, 0.1) is 0 Å². The molecule has 4 nitrogen and oxygen atoms in total. The first kappa shape index (κ1) is 14.5. The third-order valence-corrected chi connectivity index (χ3v) is 3.66. The van der Waals surface area contributed by atoms with Crippen molar-refractivity contribution in [1.82, 2.24) is 9.80 Å². The molecule has 0 saturated carbocycles. The summed E-state index contributed by atoms with van der Waals surface area (Å²) in [6.45, 7) is 5.73. The highest BCUT2D eigenvalue weighted by molar-refractivity contribution is 5.76. The van der Waals surface area contributed by atoms with Gasteiger partial charge in [-0.1, -0.05) is 12.8 Å². The van der Waals surface area contributed by atoms with Gasteiger partial charge in [0, 0.05) is 32.1 Å². The number of unbranched alkanes of at least 4 members (excludes halogenated alkanes) is 3. The monoisotopic (exact) mass is 241 g/mol. The molecule has 1 fully saturated rings. The molecule has 0 aromatic carbocycles. The van der Waals surface area contributed by atoms with Crippen molar-refractivity contribution in [3.63, 3.8) is 0 Å². The van der Waals surface area contributed by atoms with Crippen LogP contribution in [-0.4, -0.2) is 55.0 Å². The van der Waals surface area contributed by atoms with Crippen LogP contribution in [0.4, 0.5) is 0 Å². The summed E-state index contributed by atoms with van der Waals surface area (Å²) in [5.74, 6) is 0.331. The molecule has 0 radical (unpaired) electrons. The molecule has 1 amide bonds. The third-order valence-electron chi connectivity index (χ3n) is 3.66. The fourth-order valence-corrected chi connectivity index (χ4v) is 2.21. The van der Waals surface area contributed by atoms with Crippen LogP contribution in [-0.2, 0) is 4.79 Å². The Morgan fingerprint density at radius 1 is 1.24 bits per heavy atom. The van der Waals surface area contributed by atoms with Gasteiger partial charge in [-0.25, -0.2) is 0 Å². The van der Waals surface area contributed by atoms with E-state index in [1.807, 2.05) is 4.90 Å². The standard InChI is InChI=1S/C13H27N3O/c1-12-11-16(10-9-15(12)2)13(17)7-5-3-4-6-8-14/h12H,3-11,14H2,1-2H3. The Balaban J connectivity index is 2.15. The predicted octanol–water partition coefficient (Wildman–Crippen LogP) is 1.06. The van der Waals surface area contributed by atoms with Gasteiger partial charge in [0.15, 0.2) is 0 Å². The Labute approximate surface area is 105 Å². The molecule has 1 saturated heterocycles. The van der Waals surface area contributed by atoms with Crippen molar-refractivity contribution in [2.24, 2.45) is 5.73 Å². The topological polar surface area (TPSA) is 49.6 Å². The molecule has 1 heterocycles. The van der Waals surface area contributed by atoms with Gasteiger partial charge in [-0.15, -0.1) is 0 Å². The van der Waals surface area contributed by atoms with Crippen molar-refractivity contribution in [3.8, 4) is 0 Å². The van der Waals surface area contributed by atoms with E-state index in [9.17, 15) is 4.79 Å². The molecule has 1 unspecified atom stereocenters. The van der Waals surface area contributed by atoms with Gasteiger partial charge in [0.2, 0.25) is 5.91 Å². The summed E-state index contributed by atoms with van der Waals surface area (Å²) < 4.78 is 0. The van der Waals surface area contributed by atoms with Crippen LogP contribution in [0.2, 0.25) is 0 Å². The number of amides is 1. The second-order valence-corrected chi connectivity index (χ2v) is 5.12. The lowest BCUT2D eigenvalue weighted by Gasteiger charge is -2.37. The van der Waals surface area contributed by atoms with E-state index in [4.69, 9.17) is 5.73 Å². The van der Waals surface area contributed by atoms with E-state index in [-0.39, 0.29) is 0 Å². The van der Waals surface area contributed by atoms with Crippen molar-refractivity contribution < 1.29 is 4.79 Å². The summed E-state index contributed by atoms with van der Waals surface area (Å²) in [5.41, 5.74) is 5.44. The number of nitrogens with two attached hydrogens (primary N) is 1. The zero-order valence-corrected chi connectivity index (χ0v) is 11.3. The van der Waals surface area contributed by atoms with Gasteiger partial charge in [0.25, 0.3) is 0 Å². The first-order valence-electron chi connectivity index (χ1n) is 6.83. The zero-order valence-electron chi connectivity index (χ0n) is 11.3. The molecule has 0 aromatic heterocycles. The van der Waals surface area contributed by atoms with E-state index >= 15 is 0 Å². The first-order valence-corrected chi connectivity index (χ1v) is 6.83. The summed E-state index contributed by atoms with van der Waals surface area (Å²) in [4.78, 5) is 16.3. The van der Waals surface area contributed by atoms with Gasteiger partial charge in [-0.05, 0) is 33.4 Å². The maximum Gasteiger partial charge on any atom is 0.222 e. The zero-order chi connectivity index (χ0) is 12.7. The van der Waals surface area contributed by atoms with E-state index in [0.717, 1.165) is 51.9 Å². The fourth-order valence-electron chi connectivity index (χ4n) is 2.21. The number of likely N-dealkylation sites (N-methyl/N-ethyl adjacent to an activating group) is 1. The number of rotatable bonds is 6. The van der Waals surface area contributed by atoms with Crippen molar-refractivity contribution in [1.29, 1.82) is 0 Å². The minimum absolute atomic E-state index is 0.331. The molecule has 2 N–H and O–H groups in total. The number of carbonyl (C=O) groups excluding carboxylic acids is 1. The van der Waals surface area contributed by atoms with Gasteiger partial charge < -0.3 is 15.5 Å². The second kappa shape index (κ2) is 7.67. The molecule has 17 heavy (non-hydrogen) atoms. The van der Waals surface area contributed by atoms with Crippen LogP contribution in [0.15, 0.2) is 0 Å². The molecular formula is C13H27N3O. The summed E-state index contributed by atoms with van der Waals surface area (Å²) in [6, 6.07) is 0.491. The molecule has 1 aliphatic heterocycles. The smallest absolute Gasteiger partial charge is 0.222 e. The van der Waals surface area contributed by atoms with Crippen LogP contribution in [0.5, 0.6) is 0 Å². The molecule has 100 valence electrons. The van der Waals surface area contributed by atoms with Crippen LogP contribution < -0.4 is 5.73 Å². The summed E-state index contributed by atoms with van der Waals surface area (Å²) >= 11 is 0. The number of nitrogens with zero attached hydrogens (tertiary/aromatic N) is 2. The van der Waals surface area contributed by atoms with Crippen LogP contribution >= 0.6 is 0 Å². The minimum atomic E-state index is 0.331. The van der Waals surface area contributed by atoms with Crippen molar-refractivity contribution in [2.75, 3.05) is 33.2 Å². The minimum Gasteiger partial charge on any atom is -0.340 e. The average Bonchev–Trinajstić information content (AvgIpc) is 2.32. The summed E-state index contributed by atoms with van der Waals surface area (Å²) in [7, 11) is 2.12. The molecule has 1 atom stereocenters. The normalized spacial score (nSPS) is 21.8. The van der Waals surface area contributed by atoms with E-state index in [1.54, 1.807) is 0 Å². The average molecular weight is 241 g/mol. The fraction of sp³-hybridized carbons (Fsp3) is 0.923. The Morgan fingerprint density at radius 2 is 1.94 bits per heavy atom. The molecular weight excluding hydrogens is 214 g/mol. The van der Waals surface area contributed by atoms with Gasteiger partial charge in [-0.2, -0.15) is 0 Å². The van der Waals surface area contributed by atoms with E-state index < -0.39 is 0 Å². The molecule has 0 bridgehead atoms. The maximum absolute atomic E-state index is 12.0. The highest BCUT2D eigenvalue weighted by Crippen LogP contribution is 2.10. The first-order chi connectivity index (χ1) is 8.15. The largest absolute Gasteiger partial charge is 0.340 e. The van der Waals surface area contributed by atoms with E-state index in [1.165, 1.54) is 0 Å². The highest BCUT2D eigenvalue weighted by atomic mass is 16.2. The Hall–Kier alpha value is -0.610. The lowest BCUT2D eigenvalue weighted by atomic mass is 10.1. The molecule has 0 spiro atoms. The summed E-state index contributed by atoms with van der Waals surface area (Å²) in [6.07, 6.45) is 5.09. The lowest BCUT2D eigenvalue weighted by molar-refractivity contribution is -0.133. The summed E-state index contributed by atoms with van der Waals surface area (Å²) in [5, 5.41) is 0. The van der Waals surface area contributed by atoms with Crippen LogP contribution in [0, 0.1) is 0 Å². The number of piperazine rings is 1. The van der Waals surface area contributed by atoms with Gasteiger partial charge in [-0.3, -0.25) is 4.79 Å². The Bertz CT molecular complexity index is 233. The third kappa shape index (κ3) is 5.04. The second-order valence-electron chi connectivity index (χ2n) is 5.12. The predicted molar refractivity (Wildman–Crippen MR) is 70.8 cm³/mol. The quantitative estimate of drug-likeness (QED) is 0.707. The van der Waals surface area contributed by atoms with E-state index in [2.05, 4.69) is 18.9 Å². The van der Waals surface area contributed by atoms with Crippen LogP contribution in [0.1, 0.15) is 39.0 Å². The molecule has 1 rings (SSSR count). The lowest BCUT2D eigenvalue weighted by Crippen LogP contribution is -2.51. The molecule has 0 aromatic rings. The number of carbonyl (C=O) groups is 1. The number of hydrogen-bond acceptors (Lipinski definition) is 3. The van der Waals surface area contributed by atoms with Crippen molar-refractivity contribution in [2.45, 2.75) is 45.1 Å². The van der Waals surface area contributed by atoms with Crippen molar-refractivity contribution >= 4 is 5.91 Å². The Morgan fingerprint density at radius 3 is 2.59 bits per heavy atom.